The van der Waals surface area contributed by atoms with Crippen molar-refractivity contribution in [1.29, 1.82) is 0 Å². The van der Waals surface area contributed by atoms with E-state index in [1.54, 1.807) is 24.4 Å². The zero-order valence-electron chi connectivity index (χ0n) is 9.75. The lowest BCUT2D eigenvalue weighted by atomic mass is 10.3. The predicted molar refractivity (Wildman–Crippen MR) is 72.8 cm³/mol. The highest BCUT2D eigenvalue weighted by Crippen LogP contribution is 2.22. The number of aromatic nitrogens is 3. The number of halogens is 1. The molecule has 0 aliphatic rings. The number of anilines is 2. The molecule has 0 saturated carbocycles. The van der Waals surface area contributed by atoms with Crippen LogP contribution in [0.25, 0.3) is 10.7 Å². The molecule has 4 nitrogen and oxygen atoms in total. The van der Waals surface area contributed by atoms with Gasteiger partial charge in [0.1, 0.15) is 22.3 Å². The molecular formula is C13H9FN4S. The maximum atomic E-state index is 13.0. The average Bonchev–Trinajstić information content (AvgIpc) is 2.93. The molecule has 3 rings (SSSR count). The molecule has 94 valence electrons. The Balaban J connectivity index is 1.88. The van der Waals surface area contributed by atoms with Crippen LogP contribution < -0.4 is 5.32 Å². The van der Waals surface area contributed by atoms with Crippen molar-refractivity contribution in [3.63, 3.8) is 0 Å². The molecular weight excluding hydrogens is 263 g/mol. The molecule has 0 aliphatic heterocycles. The molecule has 0 atom stereocenters. The quantitative estimate of drug-likeness (QED) is 0.742. The standard InChI is InChI=1S/C13H9FN4S/c14-10-4-2-6-12(17-10)18-11-5-1-3-9(16-11)13-15-7-8-19-13/h1-8H,(H,16,17,18). The van der Waals surface area contributed by atoms with Gasteiger partial charge >= 0.3 is 0 Å². The molecule has 0 fully saturated rings. The second kappa shape index (κ2) is 5.11. The van der Waals surface area contributed by atoms with Crippen LogP contribution >= 0.6 is 11.3 Å². The minimum Gasteiger partial charge on any atom is -0.325 e. The van der Waals surface area contributed by atoms with Crippen molar-refractivity contribution in [3.8, 4) is 10.7 Å². The minimum atomic E-state index is -0.527. The lowest BCUT2D eigenvalue weighted by Crippen LogP contribution is -1.97. The molecule has 0 aromatic carbocycles. The van der Waals surface area contributed by atoms with Gasteiger partial charge in [0.15, 0.2) is 0 Å². The number of nitrogens with zero attached hydrogens (tertiary/aromatic N) is 3. The molecule has 0 radical (unpaired) electrons. The number of rotatable bonds is 3. The van der Waals surface area contributed by atoms with Crippen LogP contribution in [-0.2, 0) is 0 Å². The van der Waals surface area contributed by atoms with Crippen LogP contribution in [0.3, 0.4) is 0 Å². The van der Waals surface area contributed by atoms with Crippen molar-refractivity contribution >= 4 is 23.0 Å². The van der Waals surface area contributed by atoms with Crippen molar-refractivity contribution in [2.45, 2.75) is 0 Å². The van der Waals surface area contributed by atoms with Gasteiger partial charge in [0.25, 0.3) is 0 Å². The average molecular weight is 272 g/mol. The van der Waals surface area contributed by atoms with Gasteiger partial charge in [-0.1, -0.05) is 12.1 Å². The molecule has 1 N–H and O–H groups in total. The van der Waals surface area contributed by atoms with Crippen LogP contribution in [0.15, 0.2) is 48.0 Å². The van der Waals surface area contributed by atoms with Gasteiger partial charge in [-0.15, -0.1) is 11.3 Å². The fourth-order valence-electron chi connectivity index (χ4n) is 1.58. The summed E-state index contributed by atoms with van der Waals surface area (Å²) < 4.78 is 13.0. The highest BCUT2D eigenvalue weighted by molar-refractivity contribution is 7.13. The van der Waals surface area contributed by atoms with Gasteiger partial charge in [-0.25, -0.2) is 15.0 Å². The summed E-state index contributed by atoms with van der Waals surface area (Å²) in [6.07, 6.45) is 1.73. The molecule has 6 heteroatoms. The topological polar surface area (TPSA) is 50.7 Å². The fraction of sp³-hybridized carbons (Fsp3) is 0. The maximum Gasteiger partial charge on any atom is 0.214 e. The largest absolute Gasteiger partial charge is 0.325 e. The van der Waals surface area contributed by atoms with E-state index >= 15 is 0 Å². The van der Waals surface area contributed by atoms with Gasteiger partial charge in [0.2, 0.25) is 5.95 Å². The first-order valence-corrected chi connectivity index (χ1v) is 6.46. The lowest BCUT2D eigenvalue weighted by Gasteiger charge is -2.05. The summed E-state index contributed by atoms with van der Waals surface area (Å²) in [6.45, 7) is 0. The van der Waals surface area contributed by atoms with Crippen LogP contribution in [0.2, 0.25) is 0 Å². The first-order chi connectivity index (χ1) is 9.31. The molecule has 3 aromatic heterocycles. The number of hydrogen-bond donors (Lipinski definition) is 1. The molecule has 3 heterocycles. The Morgan fingerprint density at radius 2 is 1.79 bits per heavy atom. The van der Waals surface area contributed by atoms with E-state index in [0.717, 1.165) is 10.7 Å². The van der Waals surface area contributed by atoms with Gasteiger partial charge < -0.3 is 5.32 Å². The Kier molecular flexibility index (Phi) is 3.16. The van der Waals surface area contributed by atoms with Crippen molar-refractivity contribution in [2.24, 2.45) is 0 Å². The van der Waals surface area contributed by atoms with Crippen LogP contribution in [0.4, 0.5) is 16.0 Å². The summed E-state index contributed by atoms with van der Waals surface area (Å²) in [7, 11) is 0. The summed E-state index contributed by atoms with van der Waals surface area (Å²) in [5.41, 5.74) is 0.774. The van der Waals surface area contributed by atoms with Gasteiger partial charge in [0.05, 0.1) is 0 Å². The molecule has 0 bridgehead atoms. The summed E-state index contributed by atoms with van der Waals surface area (Å²) in [5.74, 6) is 0.496. The van der Waals surface area contributed by atoms with Crippen molar-refractivity contribution in [2.75, 3.05) is 5.32 Å². The van der Waals surface area contributed by atoms with E-state index in [-0.39, 0.29) is 0 Å². The summed E-state index contributed by atoms with van der Waals surface area (Å²) in [6, 6.07) is 10.1. The fourth-order valence-corrected chi connectivity index (χ4v) is 2.19. The van der Waals surface area contributed by atoms with Gasteiger partial charge in [-0.2, -0.15) is 4.39 Å². The van der Waals surface area contributed by atoms with Crippen LogP contribution in [0.5, 0.6) is 0 Å². The Morgan fingerprint density at radius 1 is 1.00 bits per heavy atom. The Hall–Kier alpha value is -2.34. The molecule has 0 amide bonds. The molecule has 0 spiro atoms. The number of hydrogen-bond acceptors (Lipinski definition) is 5. The van der Waals surface area contributed by atoms with E-state index < -0.39 is 5.95 Å². The smallest absolute Gasteiger partial charge is 0.214 e. The third-order valence-electron chi connectivity index (χ3n) is 2.37. The summed E-state index contributed by atoms with van der Waals surface area (Å²) in [4.78, 5) is 12.3. The monoisotopic (exact) mass is 272 g/mol. The van der Waals surface area contributed by atoms with E-state index in [1.807, 2.05) is 17.5 Å². The molecule has 19 heavy (non-hydrogen) atoms. The first-order valence-electron chi connectivity index (χ1n) is 5.58. The highest BCUT2D eigenvalue weighted by atomic mass is 32.1. The number of pyridine rings is 2. The van der Waals surface area contributed by atoms with Crippen LogP contribution in [-0.4, -0.2) is 15.0 Å². The Bertz CT molecular complexity index is 685. The maximum absolute atomic E-state index is 13.0. The van der Waals surface area contributed by atoms with E-state index in [0.29, 0.717) is 11.6 Å². The van der Waals surface area contributed by atoms with Crippen LogP contribution in [0.1, 0.15) is 0 Å². The molecule has 3 aromatic rings. The lowest BCUT2D eigenvalue weighted by molar-refractivity contribution is 0.585. The van der Waals surface area contributed by atoms with Crippen molar-refractivity contribution in [3.05, 3.63) is 53.9 Å². The van der Waals surface area contributed by atoms with Crippen molar-refractivity contribution in [1.82, 2.24) is 15.0 Å². The molecule has 0 aliphatic carbocycles. The molecule has 0 unspecified atom stereocenters. The highest BCUT2D eigenvalue weighted by Gasteiger charge is 2.04. The predicted octanol–water partition coefficient (Wildman–Crippen LogP) is 3.48. The molecule has 0 saturated heterocycles. The Morgan fingerprint density at radius 3 is 2.53 bits per heavy atom. The van der Waals surface area contributed by atoms with Gasteiger partial charge in [-0.3, -0.25) is 0 Å². The third kappa shape index (κ3) is 2.74. The zero-order chi connectivity index (χ0) is 13.1. The van der Waals surface area contributed by atoms with E-state index in [4.69, 9.17) is 0 Å². The first kappa shape index (κ1) is 11.7. The second-order valence-corrected chi connectivity index (χ2v) is 4.61. The van der Waals surface area contributed by atoms with Gasteiger partial charge in [-0.05, 0) is 24.3 Å². The van der Waals surface area contributed by atoms with E-state index in [9.17, 15) is 4.39 Å². The van der Waals surface area contributed by atoms with Crippen LogP contribution in [0, 0.1) is 5.95 Å². The zero-order valence-corrected chi connectivity index (χ0v) is 10.6. The third-order valence-corrected chi connectivity index (χ3v) is 3.17. The Labute approximate surface area is 113 Å². The summed E-state index contributed by atoms with van der Waals surface area (Å²) >= 11 is 1.52. The minimum absolute atomic E-state index is 0.420. The van der Waals surface area contributed by atoms with Gasteiger partial charge in [0, 0.05) is 11.6 Å². The number of thiazole rings is 1. The van der Waals surface area contributed by atoms with E-state index in [2.05, 4.69) is 20.3 Å². The number of nitrogens with one attached hydrogen (secondary N) is 1. The summed E-state index contributed by atoms with van der Waals surface area (Å²) in [5, 5.41) is 5.70. The second-order valence-electron chi connectivity index (χ2n) is 3.72. The van der Waals surface area contributed by atoms with E-state index in [1.165, 1.54) is 17.4 Å². The normalized spacial score (nSPS) is 10.4. The van der Waals surface area contributed by atoms with Crippen molar-refractivity contribution < 1.29 is 4.39 Å². The SMILES string of the molecule is Fc1cccc(Nc2cccc(-c3nccs3)n2)n1.